The maximum Gasteiger partial charge on any atom is 0.311 e. The van der Waals surface area contributed by atoms with Gasteiger partial charge in [0.05, 0.1) is 23.5 Å². The van der Waals surface area contributed by atoms with E-state index in [1.807, 2.05) is 6.07 Å². The highest BCUT2D eigenvalue weighted by atomic mass is 16.6. The molecule has 0 saturated heterocycles. The van der Waals surface area contributed by atoms with Gasteiger partial charge in [-0.2, -0.15) is 5.26 Å². The van der Waals surface area contributed by atoms with Crippen LogP contribution < -0.4 is 4.74 Å². The van der Waals surface area contributed by atoms with Crippen LogP contribution in [-0.4, -0.2) is 12.0 Å². The van der Waals surface area contributed by atoms with Gasteiger partial charge in [0.2, 0.25) is 0 Å². The third-order valence-electron chi connectivity index (χ3n) is 4.45. The van der Waals surface area contributed by atoms with Crippen molar-refractivity contribution in [3.05, 3.63) is 33.9 Å². The summed E-state index contributed by atoms with van der Waals surface area (Å²) in [4.78, 5) is 10.6. The first kappa shape index (κ1) is 15.3. The highest BCUT2D eigenvalue weighted by Crippen LogP contribution is 2.41. The van der Waals surface area contributed by atoms with E-state index in [2.05, 4.69) is 13.0 Å². The summed E-state index contributed by atoms with van der Waals surface area (Å²) in [6, 6.07) is 7.44. The predicted octanol–water partition coefficient (Wildman–Crippen LogP) is 3.87. The van der Waals surface area contributed by atoms with Gasteiger partial charge < -0.3 is 4.74 Å². The van der Waals surface area contributed by atoms with E-state index in [0.717, 1.165) is 31.2 Å². The lowest BCUT2D eigenvalue weighted by molar-refractivity contribution is -0.385. The Balaban J connectivity index is 2.24. The quantitative estimate of drug-likeness (QED) is 0.622. The minimum Gasteiger partial charge on any atom is -0.490 e. The summed E-state index contributed by atoms with van der Waals surface area (Å²) >= 11 is 0. The van der Waals surface area contributed by atoms with Crippen LogP contribution in [-0.2, 0) is 6.42 Å². The fourth-order valence-corrected chi connectivity index (χ4v) is 3.02. The molecule has 0 heterocycles. The van der Waals surface area contributed by atoms with Gasteiger partial charge in [0.1, 0.15) is 0 Å². The van der Waals surface area contributed by atoms with Crippen molar-refractivity contribution in [3.8, 4) is 11.8 Å². The zero-order valence-electron chi connectivity index (χ0n) is 12.5. The number of benzene rings is 1. The number of nitriles is 1. The largest absolute Gasteiger partial charge is 0.490 e. The Bertz CT molecular complexity index is 569. The van der Waals surface area contributed by atoms with Crippen LogP contribution in [0.3, 0.4) is 0 Å². The van der Waals surface area contributed by atoms with Crippen LogP contribution in [0.1, 0.15) is 38.2 Å². The molecule has 0 unspecified atom stereocenters. The van der Waals surface area contributed by atoms with E-state index >= 15 is 0 Å². The van der Waals surface area contributed by atoms with Gasteiger partial charge in [-0.1, -0.05) is 13.0 Å². The van der Waals surface area contributed by atoms with Gasteiger partial charge >= 0.3 is 5.69 Å². The summed E-state index contributed by atoms with van der Waals surface area (Å²) < 4.78 is 5.01. The lowest BCUT2D eigenvalue weighted by atomic mass is 9.69. The van der Waals surface area contributed by atoms with Gasteiger partial charge in [-0.3, -0.25) is 10.1 Å². The van der Waals surface area contributed by atoms with E-state index in [4.69, 9.17) is 4.74 Å². The SMILES string of the molecule is COc1ccc(CC2(C#N)CCC(C)CC2)cc1[N+](=O)[O-]. The highest BCUT2D eigenvalue weighted by molar-refractivity contribution is 5.49. The van der Waals surface area contributed by atoms with E-state index in [9.17, 15) is 15.4 Å². The number of nitro benzene ring substituents is 1. The molecule has 1 saturated carbocycles. The monoisotopic (exact) mass is 288 g/mol. The number of nitro groups is 1. The number of hydrogen-bond acceptors (Lipinski definition) is 4. The normalized spacial score (nSPS) is 25.1. The van der Waals surface area contributed by atoms with Crippen LogP contribution in [0.15, 0.2) is 18.2 Å². The van der Waals surface area contributed by atoms with Gasteiger partial charge in [0, 0.05) is 6.07 Å². The Hall–Kier alpha value is -2.09. The molecule has 0 spiro atoms. The van der Waals surface area contributed by atoms with Crippen LogP contribution in [0, 0.1) is 32.8 Å². The van der Waals surface area contributed by atoms with Crippen molar-refractivity contribution in [3.63, 3.8) is 0 Å². The van der Waals surface area contributed by atoms with Gasteiger partial charge in [-0.25, -0.2) is 0 Å². The Kier molecular flexibility index (Phi) is 4.46. The fraction of sp³-hybridized carbons (Fsp3) is 0.562. The molecule has 1 fully saturated rings. The molecule has 1 aliphatic rings. The van der Waals surface area contributed by atoms with Crippen molar-refractivity contribution >= 4 is 5.69 Å². The first-order valence-corrected chi connectivity index (χ1v) is 7.22. The van der Waals surface area contributed by atoms with Crippen LogP contribution in [0.25, 0.3) is 0 Å². The maximum absolute atomic E-state index is 11.1. The van der Waals surface area contributed by atoms with Crippen molar-refractivity contribution in [1.82, 2.24) is 0 Å². The van der Waals surface area contributed by atoms with E-state index < -0.39 is 4.92 Å². The standard InChI is InChI=1S/C16H20N2O3/c1-12-5-7-16(11-17,8-6-12)10-13-3-4-15(21-2)14(9-13)18(19)20/h3-4,9,12H,5-8,10H2,1-2H3. The lowest BCUT2D eigenvalue weighted by Crippen LogP contribution is -2.27. The topological polar surface area (TPSA) is 76.2 Å². The molecule has 0 aromatic heterocycles. The number of nitrogens with zero attached hydrogens (tertiary/aromatic N) is 2. The van der Waals surface area contributed by atoms with E-state index in [1.54, 1.807) is 6.07 Å². The number of hydrogen-bond donors (Lipinski definition) is 0. The summed E-state index contributed by atoms with van der Waals surface area (Å²) in [6.45, 7) is 2.21. The number of rotatable bonds is 4. The molecule has 1 aliphatic carbocycles. The second kappa shape index (κ2) is 6.13. The second-order valence-electron chi connectivity index (χ2n) is 6.01. The molecule has 0 amide bonds. The lowest BCUT2D eigenvalue weighted by Gasteiger charge is -2.33. The molecule has 0 bridgehead atoms. The Morgan fingerprint density at radius 1 is 1.48 bits per heavy atom. The van der Waals surface area contributed by atoms with Crippen LogP contribution in [0.4, 0.5) is 5.69 Å². The van der Waals surface area contributed by atoms with Crippen molar-refractivity contribution in [2.45, 2.75) is 39.0 Å². The summed E-state index contributed by atoms with van der Waals surface area (Å²) in [6.07, 6.45) is 4.40. The van der Waals surface area contributed by atoms with Gasteiger partial charge in [-0.05, 0) is 49.7 Å². The molecule has 1 aromatic rings. The van der Waals surface area contributed by atoms with Gasteiger partial charge in [-0.15, -0.1) is 0 Å². The average molecular weight is 288 g/mol. The van der Waals surface area contributed by atoms with Crippen LogP contribution in [0.5, 0.6) is 5.75 Å². The molecule has 0 N–H and O–H groups in total. The molecule has 1 aromatic carbocycles. The maximum atomic E-state index is 11.1. The Morgan fingerprint density at radius 3 is 2.67 bits per heavy atom. The number of methoxy groups -OCH3 is 1. The molecule has 0 atom stereocenters. The summed E-state index contributed by atoms with van der Waals surface area (Å²) in [7, 11) is 1.42. The van der Waals surface area contributed by atoms with Gasteiger partial charge in [0.25, 0.3) is 0 Å². The van der Waals surface area contributed by atoms with Crippen molar-refractivity contribution in [2.75, 3.05) is 7.11 Å². The average Bonchev–Trinajstić information content (AvgIpc) is 2.49. The molecular formula is C16H20N2O3. The zero-order valence-corrected chi connectivity index (χ0v) is 12.5. The first-order valence-electron chi connectivity index (χ1n) is 7.22. The smallest absolute Gasteiger partial charge is 0.311 e. The van der Waals surface area contributed by atoms with Crippen molar-refractivity contribution < 1.29 is 9.66 Å². The molecular weight excluding hydrogens is 268 g/mol. The fourth-order valence-electron chi connectivity index (χ4n) is 3.02. The molecule has 5 heteroatoms. The van der Waals surface area contributed by atoms with E-state index in [0.29, 0.717) is 12.3 Å². The Labute approximate surface area is 124 Å². The second-order valence-corrected chi connectivity index (χ2v) is 6.01. The van der Waals surface area contributed by atoms with Crippen LogP contribution in [0.2, 0.25) is 0 Å². The molecule has 0 aliphatic heterocycles. The zero-order chi connectivity index (χ0) is 15.5. The minimum absolute atomic E-state index is 0.0349. The molecule has 2 rings (SSSR count). The molecule has 0 radical (unpaired) electrons. The highest BCUT2D eigenvalue weighted by Gasteiger charge is 2.35. The van der Waals surface area contributed by atoms with E-state index in [-0.39, 0.29) is 16.9 Å². The minimum atomic E-state index is -0.440. The summed E-state index contributed by atoms with van der Waals surface area (Å²) in [5, 5.41) is 20.6. The Morgan fingerprint density at radius 2 is 2.14 bits per heavy atom. The van der Waals surface area contributed by atoms with Crippen molar-refractivity contribution in [1.29, 1.82) is 5.26 Å². The van der Waals surface area contributed by atoms with Crippen molar-refractivity contribution in [2.24, 2.45) is 11.3 Å². The molecule has 21 heavy (non-hydrogen) atoms. The third kappa shape index (κ3) is 3.33. The third-order valence-corrected chi connectivity index (χ3v) is 4.45. The van der Waals surface area contributed by atoms with Crippen LogP contribution >= 0.6 is 0 Å². The summed E-state index contributed by atoms with van der Waals surface area (Å²) in [5.41, 5.74) is 0.417. The first-order chi connectivity index (χ1) is 9.99. The number of ether oxygens (including phenoxy) is 1. The van der Waals surface area contributed by atoms with E-state index in [1.165, 1.54) is 13.2 Å². The predicted molar refractivity (Wildman–Crippen MR) is 79.0 cm³/mol. The summed E-state index contributed by atoms with van der Waals surface area (Å²) in [5.74, 6) is 0.920. The molecule has 5 nitrogen and oxygen atoms in total. The molecule has 112 valence electrons. The van der Waals surface area contributed by atoms with Gasteiger partial charge in [0.15, 0.2) is 5.75 Å².